The minimum atomic E-state index is -0.0913. The molecule has 4 nitrogen and oxygen atoms in total. The molecule has 1 atom stereocenters. The van der Waals surface area contributed by atoms with E-state index in [0.717, 1.165) is 45.2 Å². The summed E-state index contributed by atoms with van der Waals surface area (Å²) < 4.78 is 6.31. The number of quaternary nitrogens is 1. The zero-order valence-corrected chi connectivity index (χ0v) is 20.3. The van der Waals surface area contributed by atoms with Crippen LogP contribution in [0.2, 0.25) is 0 Å². The Hall–Kier alpha value is -1.10. The molecule has 0 bridgehead atoms. The summed E-state index contributed by atoms with van der Waals surface area (Å²) >= 11 is 0. The van der Waals surface area contributed by atoms with Crippen LogP contribution in [0.15, 0.2) is 30.3 Å². The van der Waals surface area contributed by atoms with Gasteiger partial charge in [0.1, 0.15) is 6.04 Å². The number of hydrogen-bond donors (Lipinski definition) is 1. The highest BCUT2D eigenvalue weighted by Gasteiger charge is 2.40. The van der Waals surface area contributed by atoms with E-state index in [9.17, 15) is 9.90 Å². The van der Waals surface area contributed by atoms with Crippen LogP contribution in [-0.2, 0) is 16.0 Å². The Kier molecular flexibility index (Phi) is 14.9. The van der Waals surface area contributed by atoms with E-state index in [0.29, 0.717) is 17.6 Å². The molecule has 1 aliphatic rings. The lowest BCUT2D eigenvalue weighted by molar-refractivity contribution is -0.949. The molecular formula is C26H44ClNO3. The summed E-state index contributed by atoms with van der Waals surface area (Å²) in [6.07, 6.45) is 14.2. The molecule has 1 aliphatic heterocycles. The number of rotatable bonds is 15. The molecule has 1 aromatic rings. The lowest BCUT2D eigenvalue weighted by atomic mass is 9.98. The molecule has 1 N–H and O–H groups in total. The number of likely N-dealkylation sites (tertiary alicyclic amines) is 1. The third-order valence-electron chi connectivity index (χ3n) is 6.71. The first-order chi connectivity index (χ1) is 14.7. The molecule has 178 valence electrons. The maximum Gasteiger partial charge on any atom is 0.361 e. The van der Waals surface area contributed by atoms with Crippen molar-refractivity contribution < 1.29 is 31.5 Å². The molecule has 1 fully saturated rings. The topological polar surface area (TPSA) is 46.5 Å². The average Bonchev–Trinajstić information content (AvgIpc) is 2.77. The Morgan fingerprint density at radius 1 is 0.968 bits per heavy atom. The lowest BCUT2D eigenvalue weighted by Crippen LogP contribution is -3.00. The average molecular weight is 454 g/mol. The highest BCUT2D eigenvalue weighted by molar-refractivity contribution is 5.70. The number of carbonyl (C=O) groups excluding carboxylic acids is 1. The fourth-order valence-corrected chi connectivity index (χ4v) is 4.84. The number of ether oxygens (including phenoxy) is 1. The zero-order chi connectivity index (χ0) is 21.5. The van der Waals surface area contributed by atoms with Crippen LogP contribution < -0.4 is 12.4 Å². The van der Waals surface area contributed by atoms with Gasteiger partial charge in [0.05, 0.1) is 26.3 Å². The van der Waals surface area contributed by atoms with Crippen LogP contribution in [0.5, 0.6) is 0 Å². The van der Waals surface area contributed by atoms with Gasteiger partial charge in [0, 0.05) is 6.42 Å². The number of aliphatic hydroxyl groups excluding tert-OH is 1. The Morgan fingerprint density at radius 2 is 1.58 bits per heavy atom. The number of hydrogen-bond acceptors (Lipinski definition) is 3. The smallest absolute Gasteiger partial charge is 0.361 e. The summed E-state index contributed by atoms with van der Waals surface area (Å²) in [5, 5.41) is 10.2. The minimum absolute atomic E-state index is 0. The Labute approximate surface area is 196 Å². The van der Waals surface area contributed by atoms with Gasteiger partial charge in [-0.1, -0.05) is 82.2 Å². The van der Waals surface area contributed by atoms with Gasteiger partial charge in [0.15, 0.2) is 6.54 Å². The SMILES string of the molecule is CCCCCCCCCCOC(=O)C[N+]1(C(CO)Cc2ccccc2)CCCCC1.[Cl-]. The van der Waals surface area contributed by atoms with E-state index < -0.39 is 0 Å². The van der Waals surface area contributed by atoms with Crippen molar-refractivity contribution >= 4 is 5.97 Å². The molecule has 0 saturated carbocycles. The van der Waals surface area contributed by atoms with Crippen LogP contribution in [0, 0.1) is 0 Å². The summed E-state index contributed by atoms with van der Waals surface area (Å²) in [5.74, 6) is -0.0913. The van der Waals surface area contributed by atoms with E-state index in [2.05, 4.69) is 19.1 Å². The standard InChI is InChI=1S/C26H44NO3.ClH/c1-2-3-4-5-6-7-8-15-20-30-26(29)22-27(18-13-10-14-19-27)25(23-28)21-24-16-11-9-12-17-24;/h9,11-12,16-17,25,28H,2-8,10,13-15,18-23H2,1H3;1H/q+1;/p-1. The molecule has 31 heavy (non-hydrogen) atoms. The van der Waals surface area contributed by atoms with E-state index in [-0.39, 0.29) is 31.0 Å². The van der Waals surface area contributed by atoms with Gasteiger partial charge in [-0.15, -0.1) is 0 Å². The number of piperidine rings is 1. The van der Waals surface area contributed by atoms with Gasteiger partial charge in [0.25, 0.3) is 0 Å². The van der Waals surface area contributed by atoms with Crippen LogP contribution in [0.1, 0.15) is 83.1 Å². The van der Waals surface area contributed by atoms with Crippen LogP contribution in [0.3, 0.4) is 0 Å². The van der Waals surface area contributed by atoms with Crippen molar-refractivity contribution in [1.82, 2.24) is 0 Å². The highest BCUT2D eigenvalue weighted by Crippen LogP contribution is 2.25. The second kappa shape index (κ2) is 16.5. The van der Waals surface area contributed by atoms with Crippen LogP contribution in [0.4, 0.5) is 0 Å². The minimum Gasteiger partial charge on any atom is -1.00 e. The predicted octanol–water partition coefficient (Wildman–Crippen LogP) is 2.28. The van der Waals surface area contributed by atoms with Crippen molar-refractivity contribution in [3.8, 4) is 0 Å². The highest BCUT2D eigenvalue weighted by atomic mass is 35.5. The fourth-order valence-electron chi connectivity index (χ4n) is 4.84. The van der Waals surface area contributed by atoms with Crippen molar-refractivity contribution in [2.75, 3.05) is 32.8 Å². The molecule has 0 aliphatic carbocycles. The van der Waals surface area contributed by atoms with Crippen LogP contribution >= 0.6 is 0 Å². The van der Waals surface area contributed by atoms with Gasteiger partial charge in [0.2, 0.25) is 0 Å². The fraction of sp³-hybridized carbons (Fsp3) is 0.731. The number of esters is 1. The third kappa shape index (κ3) is 10.4. The van der Waals surface area contributed by atoms with Crippen molar-refractivity contribution in [2.45, 2.75) is 90.0 Å². The van der Waals surface area contributed by atoms with Crippen molar-refractivity contribution in [3.63, 3.8) is 0 Å². The van der Waals surface area contributed by atoms with E-state index in [1.165, 1.54) is 50.5 Å². The van der Waals surface area contributed by atoms with E-state index in [1.807, 2.05) is 18.2 Å². The first-order valence-electron chi connectivity index (χ1n) is 12.4. The molecule has 0 aromatic heterocycles. The number of nitrogens with zero attached hydrogens (tertiary/aromatic N) is 1. The molecule has 0 spiro atoms. The molecule has 1 heterocycles. The van der Waals surface area contributed by atoms with Gasteiger partial charge in [-0.3, -0.25) is 0 Å². The first kappa shape index (κ1) is 27.9. The summed E-state index contributed by atoms with van der Waals surface area (Å²) in [7, 11) is 0. The van der Waals surface area contributed by atoms with E-state index in [1.54, 1.807) is 0 Å². The van der Waals surface area contributed by atoms with Gasteiger partial charge in [-0.25, -0.2) is 4.79 Å². The number of carbonyl (C=O) groups is 1. The van der Waals surface area contributed by atoms with Crippen LogP contribution in [0.25, 0.3) is 0 Å². The van der Waals surface area contributed by atoms with Gasteiger partial charge >= 0.3 is 5.97 Å². The number of benzene rings is 1. The second-order valence-corrected chi connectivity index (χ2v) is 9.11. The normalized spacial score (nSPS) is 16.3. The quantitative estimate of drug-likeness (QED) is 0.252. The molecular weight excluding hydrogens is 410 g/mol. The summed E-state index contributed by atoms with van der Waals surface area (Å²) in [4.78, 5) is 12.7. The monoisotopic (exact) mass is 453 g/mol. The van der Waals surface area contributed by atoms with Gasteiger partial charge in [-0.05, 0) is 31.2 Å². The maximum atomic E-state index is 12.7. The second-order valence-electron chi connectivity index (χ2n) is 9.11. The molecule has 2 rings (SSSR count). The molecule has 0 radical (unpaired) electrons. The maximum absolute atomic E-state index is 12.7. The third-order valence-corrected chi connectivity index (χ3v) is 6.71. The molecule has 1 unspecified atom stereocenters. The summed E-state index contributed by atoms with van der Waals surface area (Å²) in [6.45, 7) is 5.22. The van der Waals surface area contributed by atoms with Crippen LogP contribution in [-0.4, -0.2) is 54.4 Å². The first-order valence-corrected chi connectivity index (χ1v) is 12.4. The van der Waals surface area contributed by atoms with Crippen molar-refractivity contribution in [1.29, 1.82) is 0 Å². The number of aliphatic hydroxyl groups is 1. The Morgan fingerprint density at radius 3 is 2.19 bits per heavy atom. The Balaban J connectivity index is 0.00000480. The molecule has 5 heteroatoms. The van der Waals surface area contributed by atoms with E-state index in [4.69, 9.17) is 4.74 Å². The van der Waals surface area contributed by atoms with E-state index >= 15 is 0 Å². The zero-order valence-electron chi connectivity index (χ0n) is 19.6. The van der Waals surface area contributed by atoms with Gasteiger partial charge in [-0.2, -0.15) is 0 Å². The molecule has 1 aromatic carbocycles. The van der Waals surface area contributed by atoms with Crippen molar-refractivity contribution in [2.24, 2.45) is 0 Å². The molecule has 0 amide bonds. The van der Waals surface area contributed by atoms with Gasteiger partial charge < -0.3 is 26.7 Å². The Bertz CT molecular complexity index is 575. The lowest BCUT2D eigenvalue weighted by Gasteiger charge is -2.46. The molecule has 1 saturated heterocycles. The predicted molar refractivity (Wildman–Crippen MR) is 123 cm³/mol. The number of unbranched alkanes of at least 4 members (excludes halogenated alkanes) is 7. The number of halogens is 1. The van der Waals surface area contributed by atoms with Crippen molar-refractivity contribution in [3.05, 3.63) is 35.9 Å². The largest absolute Gasteiger partial charge is 1.00 e. The summed E-state index contributed by atoms with van der Waals surface area (Å²) in [6, 6.07) is 10.4. The summed E-state index contributed by atoms with van der Waals surface area (Å²) in [5.41, 5.74) is 1.23.